The van der Waals surface area contributed by atoms with Crippen LogP contribution in [0.5, 0.6) is 0 Å². The van der Waals surface area contributed by atoms with Gasteiger partial charge in [0.15, 0.2) is 9.84 Å². The molecule has 0 saturated carbocycles. The topological polar surface area (TPSA) is 34.1 Å². The van der Waals surface area contributed by atoms with Crippen LogP contribution in [-0.2, 0) is 15.3 Å². The van der Waals surface area contributed by atoms with Gasteiger partial charge in [0.1, 0.15) is 0 Å². The van der Waals surface area contributed by atoms with E-state index >= 15 is 0 Å². The zero-order chi connectivity index (χ0) is 12.6. The first-order chi connectivity index (χ1) is 7.15. The van der Waals surface area contributed by atoms with E-state index in [4.69, 9.17) is 0 Å². The van der Waals surface area contributed by atoms with Crippen LogP contribution in [0, 0.1) is 5.92 Å². The van der Waals surface area contributed by atoms with Gasteiger partial charge in [0, 0.05) is 6.26 Å². The van der Waals surface area contributed by atoms with Crippen molar-refractivity contribution in [3.8, 4) is 0 Å². The minimum absolute atomic E-state index is 0.0132. The quantitative estimate of drug-likeness (QED) is 0.814. The molecule has 1 aromatic carbocycles. The number of sulfone groups is 1. The SMILES string of the molecule is CC(C)C(C)(C)c1cccc(S(C)(=O)=O)c1. The fourth-order valence-corrected chi connectivity index (χ4v) is 2.13. The lowest BCUT2D eigenvalue weighted by Gasteiger charge is -2.30. The molecule has 0 radical (unpaired) electrons. The summed E-state index contributed by atoms with van der Waals surface area (Å²) in [5.74, 6) is 0.460. The van der Waals surface area contributed by atoms with Gasteiger partial charge in [-0.25, -0.2) is 8.42 Å². The lowest BCUT2D eigenvalue weighted by atomic mass is 9.75. The second-order valence-electron chi connectivity index (χ2n) is 5.18. The first kappa shape index (κ1) is 13.2. The Morgan fingerprint density at radius 2 is 1.75 bits per heavy atom. The van der Waals surface area contributed by atoms with Gasteiger partial charge in [-0.3, -0.25) is 0 Å². The molecule has 0 spiro atoms. The maximum atomic E-state index is 11.5. The monoisotopic (exact) mass is 240 g/mol. The van der Waals surface area contributed by atoms with Crippen LogP contribution in [0.25, 0.3) is 0 Å². The van der Waals surface area contributed by atoms with Crippen molar-refractivity contribution in [1.29, 1.82) is 0 Å². The Hall–Kier alpha value is -0.830. The molecule has 0 heterocycles. The Morgan fingerprint density at radius 3 is 2.19 bits per heavy atom. The summed E-state index contributed by atoms with van der Waals surface area (Å²) in [6, 6.07) is 7.25. The Kier molecular flexibility index (Phi) is 3.48. The van der Waals surface area contributed by atoms with Crippen LogP contribution in [-0.4, -0.2) is 14.7 Å². The van der Waals surface area contributed by atoms with Crippen LogP contribution in [0.2, 0.25) is 0 Å². The third-order valence-electron chi connectivity index (χ3n) is 3.45. The molecular weight excluding hydrogens is 220 g/mol. The van der Waals surface area contributed by atoms with Crippen LogP contribution < -0.4 is 0 Å². The Morgan fingerprint density at radius 1 is 1.19 bits per heavy atom. The summed E-state index contributed by atoms with van der Waals surface area (Å²) < 4.78 is 23.0. The normalized spacial score (nSPS) is 13.1. The van der Waals surface area contributed by atoms with Crippen LogP contribution in [0.4, 0.5) is 0 Å². The Bertz CT molecular complexity index is 470. The summed E-state index contributed by atoms with van der Waals surface area (Å²) in [5, 5.41) is 0. The van der Waals surface area contributed by atoms with Crippen molar-refractivity contribution in [3.63, 3.8) is 0 Å². The second-order valence-corrected chi connectivity index (χ2v) is 7.19. The van der Waals surface area contributed by atoms with E-state index in [1.807, 2.05) is 12.1 Å². The van der Waals surface area contributed by atoms with Crippen LogP contribution in [0.15, 0.2) is 29.2 Å². The van der Waals surface area contributed by atoms with E-state index in [0.29, 0.717) is 10.8 Å². The smallest absolute Gasteiger partial charge is 0.175 e. The maximum Gasteiger partial charge on any atom is 0.175 e. The summed E-state index contributed by atoms with van der Waals surface area (Å²) in [6.45, 7) is 8.57. The summed E-state index contributed by atoms with van der Waals surface area (Å²) in [5.41, 5.74) is 1.06. The number of hydrogen-bond donors (Lipinski definition) is 0. The van der Waals surface area contributed by atoms with Gasteiger partial charge in [0.05, 0.1) is 4.90 Å². The zero-order valence-electron chi connectivity index (χ0n) is 10.6. The first-order valence-electron chi connectivity index (χ1n) is 5.46. The second kappa shape index (κ2) is 4.21. The highest BCUT2D eigenvalue weighted by Crippen LogP contribution is 2.32. The average molecular weight is 240 g/mol. The van der Waals surface area contributed by atoms with Crippen molar-refractivity contribution in [3.05, 3.63) is 29.8 Å². The molecule has 1 rings (SSSR count). The van der Waals surface area contributed by atoms with Crippen molar-refractivity contribution in [2.24, 2.45) is 5.92 Å². The Labute approximate surface area is 98.6 Å². The van der Waals surface area contributed by atoms with Crippen LogP contribution in [0.1, 0.15) is 33.3 Å². The minimum Gasteiger partial charge on any atom is -0.224 e. The highest BCUT2D eigenvalue weighted by molar-refractivity contribution is 7.90. The molecule has 2 nitrogen and oxygen atoms in total. The average Bonchev–Trinajstić information content (AvgIpc) is 2.16. The number of hydrogen-bond acceptors (Lipinski definition) is 2. The fraction of sp³-hybridized carbons (Fsp3) is 0.538. The molecule has 0 fully saturated rings. The van der Waals surface area contributed by atoms with E-state index in [2.05, 4.69) is 27.7 Å². The molecule has 3 heteroatoms. The molecule has 0 amide bonds. The molecular formula is C13H20O2S. The highest BCUT2D eigenvalue weighted by atomic mass is 32.2. The predicted octanol–water partition coefficient (Wildman–Crippen LogP) is 3.02. The third-order valence-corrected chi connectivity index (χ3v) is 4.56. The molecule has 0 aliphatic heterocycles. The fourth-order valence-electron chi connectivity index (χ4n) is 1.46. The lowest BCUT2D eigenvalue weighted by molar-refractivity contribution is 0.371. The van der Waals surface area contributed by atoms with Gasteiger partial charge in [-0.05, 0) is 29.0 Å². The minimum atomic E-state index is -3.11. The van der Waals surface area contributed by atoms with E-state index in [-0.39, 0.29) is 5.41 Å². The third kappa shape index (κ3) is 2.64. The van der Waals surface area contributed by atoms with Crippen molar-refractivity contribution >= 4 is 9.84 Å². The van der Waals surface area contributed by atoms with Gasteiger partial charge >= 0.3 is 0 Å². The molecule has 0 aliphatic carbocycles. The maximum absolute atomic E-state index is 11.5. The van der Waals surface area contributed by atoms with Crippen molar-refractivity contribution in [2.45, 2.75) is 38.0 Å². The molecule has 0 aliphatic rings. The van der Waals surface area contributed by atoms with Gasteiger partial charge < -0.3 is 0 Å². The van der Waals surface area contributed by atoms with Crippen molar-refractivity contribution < 1.29 is 8.42 Å². The van der Waals surface area contributed by atoms with Crippen LogP contribution in [0.3, 0.4) is 0 Å². The largest absolute Gasteiger partial charge is 0.224 e. The molecule has 0 aromatic heterocycles. The predicted molar refractivity (Wildman–Crippen MR) is 67.4 cm³/mol. The van der Waals surface area contributed by atoms with E-state index < -0.39 is 9.84 Å². The number of rotatable bonds is 3. The summed E-state index contributed by atoms with van der Waals surface area (Å²) in [7, 11) is -3.11. The van der Waals surface area contributed by atoms with E-state index in [1.54, 1.807) is 12.1 Å². The zero-order valence-corrected chi connectivity index (χ0v) is 11.4. The van der Waals surface area contributed by atoms with Crippen molar-refractivity contribution in [2.75, 3.05) is 6.26 Å². The van der Waals surface area contributed by atoms with Gasteiger partial charge in [-0.15, -0.1) is 0 Å². The molecule has 0 bridgehead atoms. The molecule has 16 heavy (non-hydrogen) atoms. The summed E-state index contributed by atoms with van der Waals surface area (Å²) >= 11 is 0. The van der Waals surface area contributed by atoms with Gasteiger partial charge in [-0.1, -0.05) is 39.8 Å². The van der Waals surface area contributed by atoms with Gasteiger partial charge in [0.25, 0.3) is 0 Å². The molecule has 0 atom stereocenters. The molecule has 0 saturated heterocycles. The molecule has 0 unspecified atom stereocenters. The van der Waals surface area contributed by atoms with Gasteiger partial charge in [0.2, 0.25) is 0 Å². The summed E-state index contributed by atoms with van der Waals surface area (Å²) in [4.78, 5) is 0.402. The summed E-state index contributed by atoms with van der Waals surface area (Å²) in [6.07, 6.45) is 1.24. The van der Waals surface area contributed by atoms with Crippen LogP contribution >= 0.6 is 0 Å². The first-order valence-corrected chi connectivity index (χ1v) is 7.35. The number of benzene rings is 1. The van der Waals surface area contributed by atoms with E-state index in [0.717, 1.165) is 5.56 Å². The lowest BCUT2D eigenvalue weighted by Crippen LogP contribution is -2.24. The molecule has 1 aromatic rings. The molecule has 0 N–H and O–H groups in total. The van der Waals surface area contributed by atoms with Crippen molar-refractivity contribution in [1.82, 2.24) is 0 Å². The van der Waals surface area contributed by atoms with Gasteiger partial charge in [-0.2, -0.15) is 0 Å². The van der Waals surface area contributed by atoms with E-state index in [1.165, 1.54) is 6.26 Å². The highest BCUT2D eigenvalue weighted by Gasteiger charge is 2.25. The van der Waals surface area contributed by atoms with E-state index in [9.17, 15) is 8.42 Å². The molecule has 90 valence electrons. The standard InChI is InChI=1S/C13H20O2S/c1-10(2)13(3,4)11-7-6-8-12(9-11)16(5,14)15/h6-10H,1-5H3. The Balaban J connectivity index is 3.29.